The maximum Gasteiger partial charge on any atom is 0.224 e. The molecule has 1 aromatic rings. The summed E-state index contributed by atoms with van der Waals surface area (Å²) in [4.78, 5) is 11.6. The topological polar surface area (TPSA) is 70.6 Å². The molecular formula is C15H22N2O3. The molecule has 0 saturated carbocycles. The molecular weight excluding hydrogens is 256 g/mol. The molecule has 1 fully saturated rings. The Bertz CT molecular complexity index is 472. The maximum atomic E-state index is 11.6. The maximum absolute atomic E-state index is 11.6. The highest BCUT2D eigenvalue weighted by Crippen LogP contribution is 2.28. The fourth-order valence-corrected chi connectivity index (χ4v) is 2.20. The average molecular weight is 278 g/mol. The number of carbonyl (C=O) groups excluding carboxylic acids is 1. The quantitative estimate of drug-likeness (QED) is 0.698. The molecule has 110 valence electrons. The van der Waals surface area contributed by atoms with E-state index in [-0.39, 0.29) is 17.7 Å². The van der Waals surface area contributed by atoms with Crippen molar-refractivity contribution in [3.05, 3.63) is 23.8 Å². The van der Waals surface area contributed by atoms with E-state index in [0.717, 1.165) is 17.7 Å². The van der Waals surface area contributed by atoms with Gasteiger partial charge in [-0.05, 0) is 31.5 Å². The molecule has 1 aliphatic heterocycles. The third kappa shape index (κ3) is 3.71. The van der Waals surface area contributed by atoms with Gasteiger partial charge in [-0.25, -0.2) is 0 Å². The molecule has 1 saturated heterocycles. The predicted octanol–water partition coefficient (Wildman–Crippen LogP) is 2.18. The van der Waals surface area contributed by atoms with Crippen LogP contribution in [-0.2, 0) is 9.53 Å². The summed E-state index contributed by atoms with van der Waals surface area (Å²) in [6.45, 7) is 5.37. The van der Waals surface area contributed by atoms with Gasteiger partial charge in [0, 0.05) is 23.7 Å². The minimum Gasteiger partial charge on any atom is -0.508 e. The molecule has 5 heteroatoms. The zero-order valence-corrected chi connectivity index (χ0v) is 12.0. The van der Waals surface area contributed by atoms with Gasteiger partial charge in [-0.3, -0.25) is 4.79 Å². The Kier molecular flexibility index (Phi) is 4.98. The third-order valence-electron chi connectivity index (χ3n) is 3.38. The van der Waals surface area contributed by atoms with Crippen molar-refractivity contribution in [1.29, 1.82) is 0 Å². The molecule has 2 rings (SSSR count). The molecule has 1 aliphatic rings. The van der Waals surface area contributed by atoms with Gasteiger partial charge in [-0.2, -0.15) is 0 Å². The van der Waals surface area contributed by atoms with Crippen molar-refractivity contribution in [2.45, 2.75) is 38.8 Å². The van der Waals surface area contributed by atoms with Gasteiger partial charge in [0.15, 0.2) is 0 Å². The van der Waals surface area contributed by atoms with E-state index in [0.29, 0.717) is 25.7 Å². The Morgan fingerprint density at radius 1 is 1.50 bits per heavy atom. The van der Waals surface area contributed by atoms with E-state index in [4.69, 9.17) is 4.74 Å². The van der Waals surface area contributed by atoms with Gasteiger partial charge in [0.2, 0.25) is 5.91 Å². The number of ether oxygens (including phenoxy) is 1. The minimum absolute atomic E-state index is 0.00264. The van der Waals surface area contributed by atoms with E-state index in [1.165, 1.54) is 0 Å². The van der Waals surface area contributed by atoms with Crippen LogP contribution >= 0.6 is 0 Å². The normalized spacial score (nSPS) is 16.5. The van der Waals surface area contributed by atoms with E-state index in [9.17, 15) is 9.90 Å². The molecule has 20 heavy (non-hydrogen) atoms. The van der Waals surface area contributed by atoms with Crippen LogP contribution in [-0.4, -0.2) is 30.3 Å². The summed E-state index contributed by atoms with van der Waals surface area (Å²) in [5.41, 5.74) is 1.50. The fraction of sp³-hybridized carbons (Fsp3) is 0.533. The summed E-state index contributed by atoms with van der Waals surface area (Å²) >= 11 is 0. The fourth-order valence-electron chi connectivity index (χ4n) is 2.20. The standard InChI is InChI=1S/C15H22N2O3/c1-3-4-15(19)17-11-5-6-14(18)13(7-11)10(2)16-12-8-20-9-12/h5-7,10,12,16,18H,3-4,8-9H2,1-2H3,(H,17,19). The number of phenolic OH excluding ortho intramolecular Hbond substituents is 1. The van der Waals surface area contributed by atoms with Crippen LogP contribution in [0.2, 0.25) is 0 Å². The number of rotatable bonds is 6. The second kappa shape index (κ2) is 6.72. The lowest BCUT2D eigenvalue weighted by Gasteiger charge is -2.30. The molecule has 1 aromatic carbocycles. The van der Waals surface area contributed by atoms with Gasteiger partial charge < -0.3 is 20.5 Å². The lowest BCUT2D eigenvalue weighted by Crippen LogP contribution is -2.46. The molecule has 1 heterocycles. The largest absolute Gasteiger partial charge is 0.508 e. The van der Waals surface area contributed by atoms with Crippen molar-refractivity contribution in [3.63, 3.8) is 0 Å². The number of nitrogens with one attached hydrogen (secondary N) is 2. The molecule has 0 spiro atoms. The summed E-state index contributed by atoms with van der Waals surface area (Å²) in [6.07, 6.45) is 1.32. The molecule has 1 atom stereocenters. The van der Waals surface area contributed by atoms with Gasteiger partial charge in [0.05, 0.1) is 19.3 Å². The second-order valence-corrected chi connectivity index (χ2v) is 5.19. The van der Waals surface area contributed by atoms with E-state index in [1.807, 2.05) is 19.9 Å². The predicted molar refractivity (Wildman–Crippen MR) is 77.8 cm³/mol. The summed E-state index contributed by atoms with van der Waals surface area (Å²) in [5.74, 6) is 0.232. The summed E-state index contributed by atoms with van der Waals surface area (Å²) in [7, 11) is 0. The summed E-state index contributed by atoms with van der Waals surface area (Å²) in [5, 5.41) is 16.2. The van der Waals surface area contributed by atoms with Gasteiger partial charge in [-0.15, -0.1) is 0 Å². The van der Waals surface area contributed by atoms with Crippen molar-refractivity contribution in [1.82, 2.24) is 5.32 Å². The third-order valence-corrected chi connectivity index (χ3v) is 3.38. The van der Waals surface area contributed by atoms with Gasteiger partial charge in [-0.1, -0.05) is 6.92 Å². The minimum atomic E-state index is -0.00264. The van der Waals surface area contributed by atoms with Crippen LogP contribution < -0.4 is 10.6 Å². The number of hydrogen-bond acceptors (Lipinski definition) is 4. The molecule has 0 aliphatic carbocycles. The molecule has 3 N–H and O–H groups in total. The van der Waals surface area contributed by atoms with E-state index in [1.54, 1.807) is 12.1 Å². The molecule has 0 bridgehead atoms. The summed E-state index contributed by atoms with van der Waals surface area (Å²) < 4.78 is 5.12. The SMILES string of the molecule is CCCC(=O)Nc1ccc(O)c(C(C)NC2COC2)c1. The first kappa shape index (κ1) is 14.8. The Hall–Kier alpha value is -1.59. The first-order valence-electron chi connectivity index (χ1n) is 7.06. The summed E-state index contributed by atoms with van der Waals surface area (Å²) in [6, 6.07) is 5.49. The Morgan fingerprint density at radius 3 is 2.85 bits per heavy atom. The number of anilines is 1. The zero-order chi connectivity index (χ0) is 14.5. The molecule has 1 amide bonds. The van der Waals surface area contributed by atoms with Gasteiger partial charge in [0.1, 0.15) is 5.75 Å². The van der Waals surface area contributed by atoms with Crippen LogP contribution in [0.1, 0.15) is 38.3 Å². The zero-order valence-electron chi connectivity index (χ0n) is 12.0. The van der Waals surface area contributed by atoms with E-state index in [2.05, 4.69) is 10.6 Å². The highest BCUT2D eigenvalue weighted by atomic mass is 16.5. The van der Waals surface area contributed by atoms with Crippen LogP contribution in [0.3, 0.4) is 0 Å². The number of amides is 1. The molecule has 1 unspecified atom stereocenters. The first-order valence-corrected chi connectivity index (χ1v) is 7.06. The lowest BCUT2D eigenvalue weighted by atomic mass is 10.0. The number of aromatic hydroxyl groups is 1. The van der Waals surface area contributed by atoms with Crippen molar-refractivity contribution in [2.75, 3.05) is 18.5 Å². The highest BCUT2D eigenvalue weighted by molar-refractivity contribution is 5.90. The second-order valence-electron chi connectivity index (χ2n) is 5.19. The lowest BCUT2D eigenvalue weighted by molar-refractivity contribution is -0.116. The van der Waals surface area contributed by atoms with Crippen molar-refractivity contribution in [3.8, 4) is 5.75 Å². The van der Waals surface area contributed by atoms with Crippen molar-refractivity contribution >= 4 is 11.6 Å². The van der Waals surface area contributed by atoms with E-state index >= 15 is 0 Å². The Morgan fingerprint density at radius 2 is 2.25 bits per heavy atom. The monoisotopic (exact) mass is 278 g/mol. The average Bonchev–Trinajstić information content (AvgIpc) is 2.36. The van der Waals surface area contributed by atoms with E-state index < -0.39 is 0 Å². The van der Waals surface area contributed by atoms with Crippen molar-refractivity contribution < 1.29 is 14.6 Å². The first-order chi connectivity index (χ1) is 9.60. The number of hydrogen-bond donors (Lipinski definition) is 3. The smallest absolute Gasteiger partial charge is 0.224 e. The van der Waals surface area contributed by atoms with Crippen molar-refractivity contribution in [2.24, 2.45) is 0 Å². The molecule has 5 nitrogen and oxygen atoms in total. The Labute approximate surface area is 119 Å². The van der Waals surface area contributed by atoms with Crippen LogP contribution in [0.15, 0.2) is 18.2 Å². The van der Waals surface area contributed by atoms with Crippen LogP contribution in [0.5, 0.6) is 5.75 Å². The van der Waals surface area contributed by atoms with Crippen LogP contribution in [0.4, 0.5) is 5.69 Å². The molecule has 0 radical (unpaired) electrons. The number of benzene rings is 1. The number of phenols is 1. The molecule has 0 aromatic heterocycles. The van der Waals surface area contributed by atoms with Crippen LogP contribution in [0.25, 0.3) is 0 Å². The van der Waals surface area contributed by atoms with Crippen LogP contribution in [0, 0.1) is 0 Å². The van der Waals surface area contributed by atoms with Gasteiger partial charge in [0.25, 0.3) is 0 Å². The number of carbonyl (C=O) groups is 1. The highest BCUT2D eigenvalue weighted by Gasteiger charge is 2.22. The Balaban J connectivity index is 2.04. The van der Waals surface area contributed by atoms with Gasteiger partial charge >= 0.3 is 0 Å².